The molecule has 2 aliphatic heterocycles. The highest BCUT2D eigenvalue weighted by Gasteiger charge is 2.29. The first kappa shape index (κ1) is 29.7. The minimum atomic E-state index is -0.286. The lowest BCUT2D eigenvalue weighted by atomic mass is 10.1. The number of carbonyl (C=O) groups is 2. The lowest BCUT2D eigenvalue weighted by Gasteiger charge is -2.32. The van der Waals surface area contributed by atoms with Gasteiger partial charge in [0.05, 0.1) is 36.1 Å². The summed E-state index contributed by atoms with van der Waals surface area (Å²) in [6, 6.07) is 21.5. The molecule has 40 heavy (non-hydrogen) atoms. The third-order valence-corrected chi connectivity index (χ3v) is 7.42. The number of halogens is 2. The van der Waals surface area contributed by atoms with Gasteiger partial charge in [-0.05, 0) is 29.3 Å². The number of methoxy groups -OCH3 is 1. The van der Waals surface area contributed by atoms with E-state index in [1.165, 1.54) is 16.0 Å². The van der Waals surface area contributed by atoms with Gasteiger partial charge >= 0.3 is 0 Å². The number of nitrogens with zero attached hydrogens (tertiary/aromatic N) is 3. The van der Waals surface area contributed by atoms with E-state index < -0.39 is 0 Å². The van der Waals surface area contributed by atoms with Gasteiger partial charge in [0.2, 0.25) is 5.91 Å². The Bertz CT molecular complexity index is 1300. The Balaban J connectivity index is 0.000000222. The normalized spacial score (nSPS) is 14.9. The molecular formula is C30H33Cl2N3O5. The van der Waals surface area contributed by atoms with Crippen molar-refractivity contribution in [2.75, 3.05) is 71.6 Å². The molecule has 5 rings (SSSR count). The van der Waals surface area contributed by atoms with Gasteiger partial charge in [-0.1, -0.05) is 65.7 Å². The van der Waals surface area contributed by atoms with Crippen molar-refractivity contribution in [3.05, 3.63) is 76.8 Å². The maximum Gasteiger partial charge on any atom is 0.265 e. The van der Waals surface area contributed by atoms with Crippen LogP contribution in [0.25, 0.3) is 11.1 Å². The van der Waals surface area contributed by atoms with E-state index in [4.69, 9.17) is 37.4 Å². The molecule has 212 valence electrons. The van der Waals surface area contributed by atoms with Crippen LogP contribution in [0.2, 0.25) is 10.0 Å². The van der Waals surface area contributed by atoms with E-state index >= 15 is 0 Å². The number of morpholine rings is 1. The Morgan fingerprint density at radius 2 is 1.68 bits per heavy atom. The van der Waals surface area contributed by atoms with E-state index in [1.54, 1.807) is 31.2 Å². The van der Waals surface area contributed by atoms with Gasteiger partial charge in [0, 0.05) is 39.3 Å². The zero-order chi connectivity index (χ0) is 28.5. The molecule has 0 unspecified atom stereocenters. The number of benzene rings is 3. The van der Waals surface area contributed by atoms with Crippen molar-refractivity contribution in [2.24, 2.45) is 0 Å². The molecular weight excluding hydrogens is 553 g/mol. The standard InChI is InChI=1S/C17H21Cl2N3O4.C13H12O/c1-20(2-3-21-4-6-25-7-5-21)16(23)10-22-14-8-12(18)13(19)9-15(14)26-11-17(22)24;1-14-13-9-5-8-12(10-13)11-6-3-2-4-7-11/h8-9H,2-7,10-11H2,1H3;2-10H,1H3. The second-order valence-electron chi connectivity index (χ2n) is 9.37. The van der Waals surface area contributed by atoms with Crippen molar-refractivity contribution < 1.29 is 23.8 Å². The smallest absolute Gasteiger partial charge is 0.265 e. The Hall–Kier alpha value is -3.30. The van der Waals surface area contributed by atoms with Crippen LogP contribution in [0.4, 0.5) is 5.69 Å². The zero-order valence-electron chi connectivity index (χ0n) is 22.6. The molecule has 8 nitrogen and oxygen atoms in total. The Labute approximate surface area is 244 Å². The van der Waals surface area contributed by atoms with E-state index in [-0.39, 0.29) is 25.0 Å². The van der Waals surface area contributed by atoms with Crippen LogP contribution >= 0.6 is 23.2 Å². The minimum absolute atomic E-state index is 0.0627. The molecule has 2 aliphatic rings. The fourth-order valence-corrected chi connectivity index (χ4v) is 4.61. The van der Waals surface area contributed by atoms with Crippen LogP contribution in [-0.2, 0) is 14.3 Å². The van der Waals surface area contributed by atoms with Crippen LogP contribution < -0.4 is 14.4 Å². The average molecular weight is 587 g/mol. The Morgan fingerprint density at radius 3 is 2.40 bits per heavy atom. The van der Waals surface area contributed by atoms with Crippen LogP contribution in [0.1, 0.15) is 0 Å². The van der Waals surface area contributed by atoms with Gasteiger partial charge in [-0.2, -0.15) is 0 Å². The number of carbonyl (C=O) groups excluding carboxylic acids is 2. The third kappa shape index (κ3) is 7.88. The molecule has 2 amide bonds. The monoisotopic (exact) mass is 585 g/mol. The number of hydrogen-bond donors (Lipinski definition) is 0. The molecule has 1 fully saturated rings. The van der Waals surface area contributed by atoms with Gasteiger partial charge in [-0.15, -0.1) is 0 Å². The van der Waals surface area contributed by atoms with Crippen LogP contribution in [0, 0.1) is 0 Å². The third-order valence-electron chi connectivity index (χ3n) is 6.70. The lowest BCUT2D eigenvalue weighted by Crippen LogP contribution is -2.47. The molecule has 10 heteroatoms. The Kier molecular flexibility index (Phi) is 10.7. The molecule has 3 aromatic rings. The fraction of sp³-hybridized carbons (Fsp3) is 0.333. The maximum atomic E-state index is 12.6. The average Bonchev–Trinajstić information content (AvgIpc) is 2.99. The highest BCUT2D eigenvalue weighted by atomic mass is 35.5. The number of fused-ring (bicyclic) bond motifs is 1. The molecule has 0 radical (unpaired) electrons. The summed E-state index contributed by atoms with van der Waals surface area (Å²) in [5.74, 6) is 0.908. The fourth-order valence-electron chi connectivity index (χ4n) is 4.30. The van der Waals surface area contributed by atoms with Crippen LogP contribution in [-0.4, -0.2) is 88.3 Å². The van der Waals surface area contributed by atoms with Crippen molar-refractivity contribution in [3.63, 3.8) is 0 Å². The summed E-state index contributed by atoms with van der Waals surface area (Å²) in [4.78, 5) is 30.1. The molecule has 1 saturated heterocycles. The first-order chi connectivity index (χ1) is 19.4. The van der Waals surface area contributed by atoms with E-state index in [2.05, 4.69) is 23.1 Å². The number of rotatable bonds is 7. The van der Waals surface area contributed by atoms with Crippen molar-refractivity contribution in [1.82, 2.24) is 9.80 Å². The number of anilines is 1. The van der Waals surface area contributed by atoms with Crippen molar-refractivity contribution in [1.29, 1.82) is 0 Å². The summed E-state index contributed by atoms with van der Waals surface area (Å²) >= 11 is 12.1. The number of ether oxygens (including phenoxy) is 3. The first-order valence-corrected chi connectivity index (χ1v) is 13.8. The summed E-state index contributed by atoms with van der Waals surface area (Å²) in [5.41, 5.74) is 2.86. The van der Waals surface area contributed by atoms with Crippen LogP contribution in [0.15, 0.2) is 66.7 Å². The zero-order valence-corrected chi connectivity index (χ0v) is 24.2. The Morgan fingerprint density at radius 1 is 0.975 bits per heavy atom. The SMILES string of the molecule is CN(CCN1CCOCC1)C(=O)CN1C(=O)COc2cc(Cl)c(Cl)cc21.COc1cccc(-c2ccccc2)c1. The van der Waals surface area contributed by atoms with Gasteiger partial charge in [0.15, 0.2) is 6.61 Å². The summed E-state index contributed by atoms with van der Waals surface area (Å²) in [7, 11) is 3.42. The summed E-state index contributed by atoms with van der Waals surface area (Å²) in [6.07, 6.45) is 0. The topological polar surface area (TPSA) is 71.6 Å². The summed E-state index contributed by atoms with van der Waals surface area (Å²) in [6.45, 7) is 4.36. The summed E-state index contributed by atoms with van der Waals surface area (Å²) < 4.78 is 15.9. The van der Waals surface area contributed by atoms with Crippen molar-refractivity contribution in [2.45, 2.75) is 0 Å². The largest absolute Gasteiger partial charge is 0.497 e. The number of likely N-dealkylation sites (N-methyl/N-ethyl adjacent to an activating group) is 1. The quantitative estimate of drug-likeness (QED) is 0.394. The second kappa shape index (κ2) is 14.4. The van der Waals surface area contributed by atoms with Crippen LogP contribution in [0.3, 0.4) is 0 Å². The first-order valence-electron chi connectivity index (χ1n) is 13.0. The molecule has 0 saturated carbocycles. The van der Waals surface area contributed by atoms with Crippen LogP contribution in [0.5, 0.6) is 11.5 Å². The predicted octanol–water partition coefficient (Wildman–Crippen LogP) is 4.87. The van der Waals surface area contributed by atoms with Gasteiger partial charge in [0.25, 0.3) is 5.91 Å². The summed E-state index contributed by atoms with van der Waals surface area (Å²) in [5, 5.41) is 0.649. The number of hydrogen-bond acceptors (Lipinski definition) is 6. The molecule has 0 aromatic heterocycles. The van der Waals surface area contributed by atoms with Gasteiger partial charge in [-0.3, -0.25) is 19.4 Å². The molecule has 0 bridgehead atoms. The van der Waals surface area contributed by atoms with Gasteiger partial charge in [-0.25, -0.2) is 0 Å². The molecule has 0 atom stereocenters. The van der Waals surface area contributed by atoms with E-state index in [1.807, 2.05) is 36.4 Å². The molecule has 0 spiro atoms. The number of amides is 2. The minimum Gasteiger partial charge on any atom is -0.497 e. The van der Waals surface area contributed by atoms with Crippen molar-refractivity contribution in [3.8, 4) is 22.6 Å². The van der Waals surface area contributed by atoms with Crippen molar-refractivity contribution >= 4 is 40.7 Å². The highest BCUT2D eigenvalue weighted by Crippen LogP contribution is 2.38. The van der Waals surface area contributed by atoms with E-state index in [9.17, 15) is 9.59 Å². The lowest BCUT2D eigenvalue weighted by molar-refractivity contribution is -0.131. The highest BCUT2D eigenvalue weighted by molar-refractivity contribution is 6.42. The van der Waals surface area contributed by atoms with Gasteiger partial charge in [0.1, 0.15) is 18.0 Å². The molecule has 0 aliphatic carbocycles. The molecule has 3 aromatic carbocycles. The van der Waals surface area contributed by atoms with E-state index in [0.29, 0.717) is 28.0 Å². The van der Waals surface area contributed by atoms with E-state index in [0.717, 1.165) is 38.6 Å². The maximum absolute atomic E-state index is 12.6. The molecule has 0 N–H and O–H groups in total. The van der Waals surface area contributed by atoms with Gasteiger partial charge < -0.3 is 19.1 Å². The second-order valence-corrected chi connectivity index (χ2v) is 10.2. The molecule has 2 heterocycles. The predicted molar refractivity (Wildman–Crippen MR) is 158 cm³/mol.